The summed E-state index contributed by atoms with van der Waals surface area (Å²) in [6.45, 7) is 8.51. The van der Waals surface area contributed by atoms with Crippen molar-refractivity contribution in [1.82, 2.24) is 24.8 Å². The van der Waals surface area contributed by atoms with Crippen LogP contribution in [0.15, 0.2) is 53.8 Å². The van der Waals surface area contributed by atoms with E-state index in [0.29, 0.717) is 0 Å². The summed E-state index contributed by atoms with van der Waals surface area (Å²) >= 11 is 0. The van der Waals surface area contributed by atoms with Gasteiger partial charge in [0.05, 0.1) is 11.0 Å². The molecule has 0 bridgehead atoms. The summed E-state index contributed by atoms with van der Waals surface area (Å²) in [4.78, 5) is 9.31. The molecule has 0 aliphatic heterocycles. The Morgan fingerprint density at radius 1 is 1.07 bits per heavy atom. The number of benzene rings is 1. The van der Waals surface area contributed by atoms with Crippen LogP contribution in [0.3, 0.4) is 0 Å². The van der Waals surface area contributed by atoms with Gasteiger partial charge in [0.2, 0.25) is 0 Å². The number of guanidine groups is 1. The molecule has 0 saturated heterocycles. The SMILES string of the molecule is CCNC(=NCCCn1c(C)nc2ccccc21)NCCn1cccc1.I. The van der Waals surface area contributed by atoms with E-state index < -0.39 is 0 Å². The van der Waals surface area contributed by atoms with Gasteiger partial charge in [-0.05, 0) is 44.5 Å². The van der Waals surface area contributed by atoms with Gasteiger partial charge < -0.3 is 19.8 Å². The number of para-hydroxylation sites is 2. The summed E-state index contributed by atoms with van der Waals surface area (Å²) in [6.07, 6.45) is 5.13. The quantitative estimate of drug-likeness (QED) is 0.225. The summed E-state index contributed by atoms with van der Waals surface area (Å²) in [5.41, 5.74) is 2.26. The third-order valence-electron chi connectivity index (χ3n) is 4.33. The summed E-state index contributed by atoms with van der Waals surface area (Å²) in [7, 11) is 0. The van der Waals surface area contributed by atoms with Crippen molar-refractivity contribution in [3.05, 3.63) is 54.6 Å². The molecule has 0 saturated carbocycles. The zero-order chi connectivity index (χ0) is 18.2. The van der Waals surface area contributed by atoms with Gasteiger partial charge in [0.1, 0.15) is 5.82 Å². The lowest BCUT2D eigenvalue weighted by atomic mass is 10.3. The zero-order valence-corrected chi connectivity index (χ0v) is 18.4. The average Bonchev–Trinajstić information content (AvgIpc) is 3.26. The highest BCUT2D eigenvalue weighted by molar-refractivity contribution is 14.0. The molecule has 3 aromatic rings. The Hall–Kier alpha value is -2.03. The van der Waals surface area contributed by atoms with E-state index in [0.717, 1.165) is 56.4 Å². The second kappa shape index (κ2) is 11.0. The van der Waals surface area contributed by atoms with Gasteiger partial charge in [0.15, 0.2) is 5.96 Å². The van der Waals surface area contributed by atoms with Crippen LogP contribution < -0.4 is 10.6 Å². The van der Waals surface area contributed by atoms with E-state index in [-0.39, 0.29) is 24.0 Å². The van der Waals surface area contributed by atoms with Crippen LogP contribution >= 0.6 is 24.0 Å². The molecule has 0 spiro atoms. The first-order valence-corrected chi connectivity index (χ1v) is 9.32. The number of imidazole rings is 1. The molecule has 2 N–H and O–H groups in total. The Morgan fingerprint density at radius 3 is 2.63 bits per heavy atom. The van der Waals surface area contributed by atoms with Crippen LogP contribution in [-0.2, 0) is 13.1 Å². The van der Waals surface area contributed by atoms with Crippen molar-refractivity contribution >= 4 is 41.0 Å². The molecule has 0 aliphatic rings. The van der Waals surface area contributed by atoms with Crippen molar-refractivity contribution in [3.8, 4) is 0 Å². The second-order valence-electron chi connectivity index (χ2n) is 6.26. The number of aryl methyl sites for hydroxylation is 2. The van der Waals surface area contributed by atoms with E-state index in [9.17, 15) is 0 Å². The van der Waals surface area contributed by atoms with Gasteiger partial charge in [0.25, 0.3) is 0 Å². The molecule has 0 amide bonds. The van der Waals surface area contributed by atoms with Crippen LogP contribution in [0, 0.1) is 6.92 Å². The Labute approximate surface area is 178 Å². The molecule has 0 radical (unpaired) electrons. The van der Waals surface area contributed by atoms with Crippen molar-refractivity contribution in [1.29, 1.82) is 0 Å². The van der Waals surface area contributed by atoms with Crippen LogP contribution in [0.5, 0.6) is 0 Å². The summed E-state index contributed by atoms with van der Waals surface area (Å²) < 4.78 is 4.43. The lowest BCUT2D eigenvalue weighted by molar-refractivity contribution is 0.640. The molecule has 6 nitrogen and oxygen atoms in total. The number of halogens is 1. The maximum atomic E-state index is 4.69. The van der Waals surface area contributed by atoms with Crippen molar-refractivity contribution in [2.24, 2.45) is 4.99 Å². The van der Waals surface area contributed by atoms with Gasteiger partial charge in [-0.15, -0.1) is 24.0 Å². The Morgan fingerprint density at radius 2 is 1.85 bits per heavy atom. The molecular formula is C20H29IN6. The monoisotopic (exact) mass is 480 g/mol. The summed E-state index contributed by atoms with van der Waals surface area (Å²) in [5.74, 6) is 1.94. The van der Waals surface area contributed by atoms with Crippen molar-refractivity contribution in [2.45, 2.75) is 33.4 Å². The standard InChI is InChI=1S/C20H28N6.HI/c1-3-21-20(23-12-16-25-13-6-7-14-25)22-11-8-15-26-17(2)24-18-9-4-5-10-19(18)26;/h4-7,9-10,13-14H,3,8,11-12,15-16H2,1-2H3,(H2,21,22,23);1H. The van der Waals surface area contributed by atoms with Crippen LogP contribution in [-0.4, -0.2) is 39.7 Å². The summed E-state index contributed by atoms with van der Waals surface area (Å²) in [5, 5.41) is 6.70. The number of aromatic nitrogens is 3. The Bertz CT molecular complexity index is 837. The molecule has 7 heteroatoms. The van der Waals surface area contributed by atoms with Crippen molar-refractivity contribution in [2.75, 3.05) is 19.6 Å². The van der Waals surface area contributed by atoms with E-state index in [2.05, 4.69) is 69.2 Å². The number of aliphatic imine (C=N–C) groups is 1. The average molecular weight is 480 g/mol. The minimum Gasteiger partial charge on any atom is -0.357 e. The fourth-order valence-corrected chi connectivity index (χ4v) is 3.06. The van der Waals surface area contributed by atoms with E-state index in [1.54, 1.807) is 0 Å². The van der Waals surface area contributed by atoms with Crippen LogP contribution in [0.2, 0.25) is 0 Å². The molecule has 2 heterocycles. The molecule has 1 aromatic carbocycles. The van der Waals surface area contributed by atoms with E-state index in [4.69, 9.17) is 4.99 Å². The smallest absolute Gasteiger partial charge is 0.191 e. The number of fused-ring (bicyclic) bond motifs is 1. The minimum atomic E-state index is 0. The van der Waals surface area contributed by atoms with E-state index >= 15 is 0 Å². The molecule has 2 aromatic heterocycles. The minimum absolute atomic E-state index is 0. The lowest BCUT2D eigenvalue weighted by Crippen LogP contribution is -2.38. The van der Waals surface area contributed by atoms with Gasteiger partial charge >= 0.3 is 0 Å². The first-order valence-electron chi connectivity index (χ1n) is 9.32. The zero-order valence-electron chi connectivity index (χ0n) is 16.1. The molecule has 0 aliphatic carbocycles. The molecule has 0 atom stereocenters. The third-order valence-corrected chi connectivity index (χ3v) is 4.33. The molecular weight excluding hydrogens is 451 g/mol. The molecule has 0 fully saturated rings. The number of hydrogen-bond acceptors (Lipinski definition) is 2. The first kappa shape index (κ1) is 21.3. The number of rotatable bonds is 8. The Kier molecular flexibility index (Phi) is 8.63. The largest absolute Gasteiger partial charge is 0.357 e. The first-order chi connectivity index (χ1) is 12.8. The van der Waals surface area contributed by atoms with Crippen LogP contribution in [0.25, 0.3) is 11.0 Å². The third kappa shape index (κ3) is 5.98. The van der Waals surface area contributed by atoms with E-state index in [1.807, 2.05) is 18.2 Å². The fourth-order valence-electron chi connectivity index (χ4n) is 3.06. The molecule has 27 heavy (non-hydrogen) atoms. The Balaban J connectivity index is 0.00000261. The highest BCUT2D eigenvalue weighted by atomic mass is 127. The predicted octanol–water partition coefficient (Wildman–Crippen LogP) is 3.41. The van der Waals surface area contributed by atoms with Crippen molar-refractivity contribution < 1.29 is 0 Å². The normalized spacial score (nSPS) is 11.4. The molecule has 3 rings (SSSR count). The summed E-state index contributed by atoms with van der Waals surface area (Å²) in [6, 6.07) is 12.4. The van der Waals surface area contributed by atoms with Gasteiger partial charge in [0, 0.05) is 45.1 Å². The maximum Gasteiger partial charge on any atom is 0.191 e. The van der Waals surface area contributed by atoms with Gasteiger partial charge in [-0.1, -0.05) is 12.1 Å². The molecule has 0 unspecified atom stereocenters. The fraction of sp³-hybridized carbons (Fsp3) is 0.400. The van der Waals surface area contributed by atoms with Gasteiger partial charge in [-0.2, -0.15) is 0 Å². The highest BCUT2D eigenvalue weighted by Crippen LogP contribution is 2.15. The van der Waals surface area contributed by atoms with Crippen molar-refractivity contribution in [3.63, 3.8) is 0 Å². The topological polar surface area (TPSA) is 59.2 Å². The highest BCUT2D eigenvalue weighted by Gasteiger charge is 2.05. The van der Waals surface area contributed by atoms with Gasteiger partial charge in [-0.3, -0.25) is 4.99 Å². The number of nitrogens with zero attached hydrogens (tertiary/aromatic N) is 4. The number of hydrogen-bond donors (Lipinski definition) is 2. The van der Waals surface area contributed by atoms with Crippen LogP contribution in [0.1, 0.15) is 19.2 Å². The van der Waals surface area contributed by atoms with E-state index in [1.165, 1.54) is 5.52 Å². The van der Waals surface area contributed by atoms with Gasteiger partial charge in [-0.25, -0.2) is 4.98 Å². The maximum absolute atomic E-state index is 4.69. The second-order valence-corrected chi connectivity index (χ2v) is 6.26. The molecule has 146 valence electrons. The van der Waals surface area contributed by atoms with Crippen LogP contribution in [0.4, 0.5) is 0 Å². The number of nitrogens with one attached hydrogen (secondary N) is 2. The lowest BCUT2D eigenvalue weighted by Gasteiger charge is -2.12. The predicted molar refractivity (Wildman–Crippen MR) is 123 cm³/mol.